The van der Waals surface area contributed by atoms with Crippen LogP contribution in [0.3, 0.4) is 0 Å². The predicted molar refractivity (Wildman–Crippen MR) is 137 cm³/mol. The van der Waals surface area contributed by atoms with E-state index in [1.807, 2.05) is 0 Å². The molecule has 10 heteroatoms. The molecule has 37 heavy (non-hydrogen) atoms. The Morgan fingerprint density at radius 1 is 1.00 bits per heavy atom. The number of carbonyl (C=O) groups is 2. The van der Waals surface area contributed by atoms with Crippen molar-refractivity contribution in [2.75, 3.05) is 5.32 Å². The molecule has 4 aromatic rings. The maximum Gasteiger partial charge on any atom is 0.291 e. The van der Waals surface area contributed by atoms with Gasteiger partial charge in [-0.05, 0) is 74.0 Å². The first-order valence-electron chi connectivity index (χ1n) is 11.1. The van der Waals surface area contributed by atoms with Gasteiger partial charge in [0, 0.05) is 22.7 Å². The molecule has 0 atom stereocenters. The summed E-state index contributed by atoms with van der Waals surface area (Å²) in [6.45, 7) is 3.33. The molecular formula is C27H21ClN2O7. The molecule has 0 radical (unpaired) electrons. The van der Waals surface area contributed by atoms with Crippen LogP contribution in [0.25, 0.3) is 0 Å². The van der Waals surface area contributed by atoms with E-state index in [1.165, 1.54) is 31.2 Å². The number of hydrogen-bond donors (Lipinski definition) is 1. The van der Waals surface area contributed by atoms with Crippen molar-refractivity contribution in [1.82, 2.24) is 0 Å². The van der Waals surface area contributed by atoms with Gasteiger partial charge in [0.15, 0.2) is 11.5 Å². The summed E-state index contributed by atoms with van der Waals surface area (Å²) in [6.07, 6.45) is 0. The number of rotatable bonds is 9. The molecule has 0 aliphatic rings. The summed E-state index contributed by atoms with van der Waals surface area (Å²) < 4.78 is 17.0. The minimum atomic E-state index is -0.605. The van der Waals surface area contributed by atoms with Gasteiger partial charge < -0.3 is 19.2 Å². The fourth-order valence-electron chi connectivity index (χ4n) is 3.38. The van der Waals surface area contributed by atoms with Crippen LogP contribution in [0.4, 0.5) is 11.4 Å². The van der Waals surface area contributed by atoms with Gasteiger partial charge in [-0.1, -0.05) is 11.6 Å². The first kappa shape index (κ1) is 25.5. The second-order valence-corrected chi connectivity index (χ2v) is 8.51. The number of nitrogens with zero attached hydrogens (tertiary/aromatic N) is 1. The highest BCUT2D eigenvalue weighted by atomic mass is 35.5. The zero-order valence-electron chi connectivity index (χ0n) is 19.8. The standard InChI is InChI=1S/C27H21ClN2O7/c1-16-11-19(28)5-9-25(16)37-24-13-20(12-21(14-24)30(33)34)29-27(32)26-10-8-23(36-26)15-35-22-6-3-18(4-7-22)17(2)31/h3-14H,15H2,1-2H3,(H,29,32). The van der Waals surface area contributed by atoms with Crippen molar-refractivity contribution in [1.29, 1.82) is 0 Å². The molecule has 0 fully saturated rings. The number of furan rings is 1. The zero-order chi connectivity index (χ0) is 26.5. The van der Waals surface area contributed by atoms with E-state index < -0.39 is 10.8 Å². The number of aryl methyl sites for hydroxylation is 1. The monoisotopic (exact) mass is 520 g/mol. The lowest BCUT2D eigenvalue weighted by molar-refractivity contribution is -0.384. The zero-order valence-corrected chi connectivity index (χ0v) is 20.6. The summed E-state index contributed by atoms with van der Waals surface area (Å²) in [4.78, 5) is 35.0. The van der Waals surface area contributed by atoms with Crippen molar-refractivity contribution >= 4 is 34.7 Å². The maximum atomic E-state index is 12.7. The van der Waals surface area contributed by atoms with Gasteiger partial charge in [0.25, 0.3) is 11.6 Å². The van der Waals surface area contributed by atoms with Gasteiger partial charge in [0.2, 0.25) is 0 Å². The number of Topliss-reactive ketones (excluding diaryl/α,β-unsaturated/α-hetero) is 1. The topological polar surface area (TPSA) is 121 Å². The quantitative estimate of drug-likeness (QED) is 0.143. The minimum absolute atomic E-state index is 0.00644. The molecule has 1 N–H and O–H groups in total. The average molecular weight is 521 g/mol. The van der Waals surface area contributed by atoms with E-state index in [2.05, 4.69) is 5.32 Å². The number of ketones is 1. The number of anilines is 1. The third kappa shape index (κ3) is 6.53. The molecule has 0 unspecified atom stereocenters. The molecule has 0 bridgehead atoms. The molecule has 1 amide bonds. The number of nitrogens with one attached hydrogen (secondary N) is 1. The number of benzene rings is 3. The summed E-state index contributed by atoms with van der Waals surface area (Å²) in [7, 11) is 0. The largest absolute Gasteiger partial charge is 0.486 e. The van der Waals surface area contributed by atoms with Crippen LogP contribution >= 0.6 is 11.6 Å². The molecule has 1 aromatic heterocycles. The van der Waals surface area contributed by atoms with Gasteiger partial charge in [-0.3, -0.25) is 19.7 Å². The summed E-state index contributed by atoms with van der Waals surface area (Å²) in [5, 5.41) is 14.6. The number of nitro benzene ring substituents is 1. The molecule has 0 saturated carbocycles. The molecule has 9 nitrogen and oxygen atoms in total. The summed E-state index contributed by atoms with van der Waals surface area (Å²) in [5.41, 5.74) is 1.20. The highest BCUT2D eigenvalue weighted by Crippen LogP contribution is 2.32. The van der Waals surface area contributed by atoms with Crippen LogP contribution < -0.4 is 14.8 Å². The van der Waals surface area contributed by atoms with Crippen molar-refractivity contribution < 1.29 is 28.4 Å². The maximum absolute atomic E-state index is 12.7. The smallest absolute Gasteiger partial charge is 0.291 e. The van der Waals surface area contributed by atoms with Gasteiger partial charge in [0.1, 0.15) is 29.6 Å². The summed E-state index contributed by atoms with van der Waals surface area (Å²) >= 11 is 5.98. The number of carbonyl (C=O) groups excluding carboxylic acids is 2. The molecular weight excluding hydrogens is 500 g/mol. The number of nitro groups is 1. The number of ether oxygens (including phenoxy) is 2. The van der Waals surface area contributed by atoms with Gasteiger partial charge in [0.05, 0.1) is 16.7 Å². The average Bonchev–Trinajstić information content (AvgIpc) is 3.34. The second-order valence-electron chi connectivity index (χ2n) is 8.07. The van der Waals surface area contributed by atoms with Crippen molar-refractivity contribution in [2.24, 2.45) is 0 Å². The van der Waals surface area contributed by atoms with Crippen LogP contribution in [0.15, 0.2) is 77.2 Å². The lowest BCUT2D eigenvalue weighted by Crippen LogP contribution is -2.11. The fraction of sp³-hybridized carbons (Fsp3) is 0.111. The summed E-state index contributed by atoms with van der Waals surface area (Å²) in [6, 6.07) is 18.7. The van der Waals surface area contributed by atoms with Crippen LogP contribution in [0.1, 0.15) is 39.2 Å². The molecule has 188 valence electrons. The van der Waals surface area contributed by atoms with E-state index in [-0.39, 0.29) is 35.3 Å². The Morgan fingerprint density at radius 2 is 1.76 bits per heavy atom. The Hall–Kier alpha value is -4.63. The fourth-order valence-corrected chi connectivity index (χ4v) is 3.61. The highest BCUT2D eigenvalue weighted by Gasteiger charge is 2.17. The SMILES string of the molecule is CC(=O)c1ccc(OCc2ccc(C(=O)Nc3cc(Oc4ccc(Cl)cc4C)cc([N+](=O)[O-])c3)o2)cc1. The van der Waals surface area contributed by atoms with Gasteiger partial charge in [-0.15, -0.1) is 0 Å². The highest BCUT2D eigenvalue weighted by molar-refractivity contribution is 6.30. The Kier molecular flexibility index (Phi) is 7.55. The Morgan fingerprint density at radius 3 is 2.43 bits per heavy atom. The third-order valence-corrected chi connectivity index (χ3v) is 5.49. The van der Waals surface area contributed by atoms with Crippen LogP contribution in [0.2, 0.25) is 5.02 Å². The molecule has 0 spiro atoms. The van der Waals surface area contributed by atoms with Gasteiger partial charge in [-0.2, -0.15) is 0 Å². The molecule has 0 aliphatic heterocycles. The first-order valence-corrected chi connectivity index (χ1v) is 11.4. The lowest BCUT2D eigenvalue weighted by atomic mass is 10.1. The van der Waals surface area contributed by atoms with E-state index in [4.69, 9.17) is 25.5 Å². The lowest BCUT2D eigenvalue weighted by Gasteiger charge is -2.11. The Labute approximate surface area is 216 Å². The Bertz CT molecular complexity index is 1480. The van der Waals surface area contributed by atoms with Crippen molar-refractivity contribution in [2.45, 2.75) is 20.5 Å². The number of hydrogen-bond acceptors (Lipinski definition) is 7. The van der Waals surface area contributed by atoms with E-state index >= 15 is 0 Å². The van der Waals surface area contributed by atoms with E-state index in [0.717, 1.165) is 5.56 Å². The van der Waals surface area contributed by atoms with E-state index in [9.17, 15) is 19.7 Å². The van der Waals surface area contributed by atoms with Crippen LogP contribution in [-0.2, 0) is 6.61 Å². The molecule has 0 saturated heterocycles. The van der Waals surface area contributed by atoms with Crippen molar-refractivity contribution in [3.05, 3.63) is 111 Å². The van der Waals surface area contributed by atoms with Gasteiger partial charge >= 0.3 is 0 Å². The minimum Gasteiger partial charge on any atom is -0.486 e. The first-order chi connectivity index (χ1) is 17.7. The second kappa shape index (κ2) is 11.0. The van der Waals surface area contributed by atoms with E-state index in [0.29, 0.717) is 27.8 Å². The summed E-state index contributed by atoms with van der Waals surface area (Å²) in [5.74, 6) is 0.901. The third-order valence-electron chi connectivity index (χ3n) is 5.25. The molecule has 4 rings (SSSR count). The van der Waals surface area contributed by atoms with Crippen LogP contribution in [0, 0.1) is 17.0 Å². The predicted octanol–water partition coefficient (Wildman–Crippen LogP) is 6.98. The van der Waals surface area contributed by atoms with E-state index in [1.54, 1.807) is 55.5 Å². The van der Waals surface area contributed by atoms with Crippen molar-refractivity contribution in [3.63, 3.8) is 0 Å². The van der Waals surface area contributed by atoms with Crippen LogP contribution in [-0.4, -0.2) is 16.6 Å². The van der Waals surface area contributed by atoms with Crippen LogP contribution in [0.5, 0.6) is 17.2 Å². The number of amides is 1. The normalized spacial score (nSPS) is 10.6. The number of halogens is 1. The molecule has 1 heterocycles. The van der Waals surface area contributed by atoms with Gasteiger partial charge in [-0.25, -0.2) is 0 Å². The molecule has 3 aromatic carbocycles. The molecule has 0 aliphatic carbocycles. The Balaban J connectivity index is 1.45. The van der Waals surface area contributed by atoms with Crippen molar-refractivity contribution in [3.8, 4) is 17.2 Å². The number of non-ortho nitro benzene ring substituents is 1.